The first-order valence-electron chi connectivity index (χ1n) is 8.65. The summed E-state index contributed by atoms with van der Waals surface area (Å²) in [4.78, 5) is 28.6. The highest BCUT2D eigenvalue weighted by molar-refractivity contribution is 7.17. The number of thiazole rings is 1. The Morgan fingerprint density at radius 1 is 1.19 bits per heavy atom. The van der Waals surface area contributed by atoms with Crippen LogP contribution in [0.25, 0.3) is 11.3 Å². The number of carbonyl (C=O) groups excluding carboxylic acids is 2. The summed E-state index contributed by atoms with van der Waals surface area (Å²) in [7, 11) is 0. The Labute approximate surface area is 161 Å². The van der Waals surface area contributed by atoms with Crippen LogP contribution >= 0.6 is 11.3 Å². The lowest BCUT2D eigenvalue weighted by atomic mass is 10.2. The second-order valence-corrected chi connectivity index (χ2v) is 6.83. The maximum Gasteiger partial charge on any atom is 0.350 e. The van der Waals surface area contributed by atoms with Crippen molar-refractivity contribution in [3.8, 4) is 11.3 Å². The molecule has 0 spiro atoms. The fourth-order valence-corrected chi connectivity index (χ4v) is 3.40. The zero-order chi connectivity index (χ0) is 19.2. The van der Waals surface area contributed by atoms with E-state index in [2.05, 4.69) is 10.3 Å². The lowest BCUT2D eigenvalue weighted by Gasteiger charge is -2.00. The molecule has 0 saturated heterocycles. The summed E-state index contributed by atoms with van der Waals surface area (Å²) in [5, 5.41) is 3.12. The molecule has 0 radical (unpaired) electrons. The molecule has 2 heterocycles. The third-order valence-electron chi connectivity index (χ3n) is 3.82. The van der Waals surface area contributed by atoms with E-state index >= 15 is 0 Å². The topological polar surface area (TPSA) is 81.4 Å². The largest absolute Gasteiger partial charge is 0.462 e. The van der Waals surface area contributed by atoms with Gasteiger partial charge in [0.25, 0.3) is 0 Å². The second-order valence-electron chi connectivity index (χ2n) is 5.83. The molecule has 0 aliphatic heterocycles. The lowest BCUT2D eigenvalue weighted by Crippen LogP contribution is -2.11. The van der Waals surface area contributed by atoms with Crippen molar-refractivity contribution < 1.29 is 18.7 Å². The SMILES string of the molecule is CCOC(=O)c1sc(NC(=O)CCc2ccc(-c3ccccc3)o2)nc1C. The van der Waals surface area contributed by atoms with E-state index in [1.807, 2.05) is 42.5 Å². The van der Waals surface area contributed by atoms with Crippen LogP contribution < -0.4 is 5.32 Å². The number of rotatable bonds is 7. The number of nitrogens with one attached hydrogen (secondary N) is 1. The first kappa shape index (κ1) is 18.8. The number of furan rings is 1. The summed E-state index contributed by atoms with van der Waals surface area (Å²) < 4.78 is 10.8. The molecule has 0 bridgehead atoms. The third-order valence-corrected chi connectivity index (χ3v) is 4.88. The van der Waals surface area contributed by atoms with Crippen LogP contribution in [0.3, 0.4) is 0 Å². The molecule has 2 aromatic heterocycles. The van der Waals surface area contributed by atoms with Crippen molar-refractivity contribution in [1.29, 1.82) is 0 Å². The van der Waals surface area contributed by atoms with Crippen molar-refractivity contribution in [3.63, 3.8) is 0 Å². The van der Waals surface area contributed by atoms with Crippen LogP contribution in [0.15, 0.2) is 46.9 Å². The number of anilines is 1. The molecule has 0 atom stereocenters. The molecule has 0 aliphatic rings. The maximum absolute atomic E-state index is 12.2. The molecule has 27 heavy (non-hydrogen) atoms. The van der Waals surface area contributed by atoms with Gasteiger partial charge in [0.2, 0.25) is 5.91 Å². The van der Waals surface area contributed by atoms with Gasteiger partial charge < -0.3 is 14.5 Å². The number of aromatic nitrogens is 1. The van der Waals surface area contributed by atoms with Gasteiger partial charge in [0.15, 0.2) is 5.13 Å². The van der Waals surface area contributed by atoms with Gasteiger partial charge in [0.05, 0.1) is 12.3 Å². The summed E-state index contributed by atoms with van der Waals surface area (Å²) in [6.45, 7) is 3.76. The number of esters is 1. The van der Waals surface area contributed by atoms with E-state index in [-0.39, 0.29) is 12.3 Å². The Balaban J connectivity index is 1.55. The van der Waals surface area contributed by atoms with Crippen molar-refractivity contribution in [2.75, 3.05) is 11.9 Å². The second kappa shape index (κ2) is 8.64. The molecule has 1 N–H and O–H groups in total. The van der Waals surface area contributed by atoms with Gasteiger partial charge in [-0.2, -0.15) is 0 Å². The molecule has 1 aromatic carbocycles. The zero-order valence-corrected chi connectivity index (χ0v) is 16.0. The predicted octanol–water partition coefficient (Wildman–Crippen LogP) is 4.46. The Bertz CT molecular complexity index is 931. The molecule has 0 saturated carbocycles. The average Bonchev–Trinajstić information content (AvgIpc) is 3.28. The number of hydrogen-bond acceptors (Lipinski definition) is 6. The maximum atomic E-state index is 12.2. The number of nitrogens with zero attached hydrogens (tertiary/aromatic N) is 1. The van der Waals surface area contributed by atoms with Gasteiger partial charge in [-0.05, 0) is 26.0 Å². The van der Waals surface area contributed by atoms with Crippen LogP contribution in [0.5, 0.6) is 0 Å². The highest BCUT2D eigenvalue weighted by atomic mass is 32.1. The molecule has 3 rings (SSSR count). The smallest absolute Gasteiger partial charge is 0.350 e. The van der Waals surface area contributed by atoms with Gasteiger partial charge in [-0.3, -0.25) is 4.79 Å². The minimum absolute atomic E-state index is 0.184. The van der Waals surface area contributed by atoms with Crippen LogP contribution in [0, 0.1) is 6.92 Å². The summed E-state index contributed by atoms with van der Waals surface area (Å²) in [5.41, 5.74) is 1.55. The number of amides is 1. The molecule has 3 aromatic rings. The Morgan fingerprint density at radius 2 is 1.96 bits per heavy atom. The quantitative estimate of drug-likeness (QED) is 0.608. The summed E-state index contributed by atoms with van der Waals surface area (Å²) in [5.74, 6) is 0.918. The zero-order valence-electron chi connectivity index (χ0n) is 15.2. The van der Waals surface area contributed by atoms with Crippen molar-refractivity contribution in [2.24, 2.45) is 0 Å². The fraction of sp³-hybridized carbons (Fsp3) is 0.250. The number of hydrogen-bond donors (Lipinski definition) is 1. The molecule has 7 heteroatoms. The summed E-state index contributed by atoms with van der Waals surface area (Å²) in [6, 6.07) is 13.6. The third kappa shape index (κ3) is 4.83. The standard InChI is InChI=1S/C20H20N2O4S/c1-3-25-19(24)18-13(2)21-20(27-18)22-17(23)12-10-15-9-11-16(26-15)14-7-5-4-6-8-14/h4-9,11H,3,10,12H2,1-2H3,(H,21,22,23). The molecular weight excluding hydrogens is 364 g/mol. The molecule has 0 aliphatic carbocycles. The van der Waals surface area contributed by atoms with Crippen molar-refractivity contribution in [3.05, 3.63) is 58.8 Å². The number of aryl methyl sites for hydroxylation is 2. The Kier molecular flexibility index (Phi) is 6.03. The van der Waals surface area contributed by atoms with Gasteiger partial charge >= 0.3 is 5.97 Å². The van der Waals surface area contributed by atoms with Gasteiger partial charge in [-0.25, -0.2) is 9.78 Å². The van der Waals surface area contributed by atoms with E-state index in [1.54, 1.807) is 13.8 Å². The minimum Gasteiger partial charge on any atom is -0.462 e. The molecular formula is C20H20N2O4S. The van der Waals surface area contributed by atoms with Crippen molar-refractivity contribution >= 4 is 28.3 Å². The predicted molar refractivity (Wildman–Crippen MR) is 104 cm³/mol. The van der Waals surface area contributed by atoms with Crippen LogP contribution in [0.4, 0.5) is 5.13 Å². The van der Waals surface area contributed by atoms with Crippen LogP contribution in [-0.4, -0.2) is 23.5 Å². The fourth-order valence-electron chi connectivity index (χ4n) is 2.52. The molecule has 1 amide bonds. The average molecular weight is 384 g/mol. The Hall–Kier alpha value is -2.93. The van der Waals surface area contributed by atoms with Crippen molar-refractivity contribution in [2.45, 2.75) is 26.7 Å². The van der Waals surface area contributed by atoms with E-state index < -0.39 is 5.97 Å². The van der Waals surface area contributed by atoms with Gasteiger partial charge in [0, 0.05) is 18.4 Å². The lowest BCUT2D eigenvalue weighted by molar-refractivity contribution is -0.116. The first-order chi connectivity index (χ1) is 13.1. The van der Waals surface area contributed by atoms with E-state index in [1.165, 1.54) is 0 Å². The molecule has 6 nitrogen and oxygen atoms in total. The summed E-state index contributed by atoms with van der Waals surface area (Å²) in [6.07, 6.45) is 0.739. The van der Waals surface area contributed by atoms with Gasteiger partial charge in [-0.15, -0.1) is 0 Å². The minimum atomic E-state index is -0.419. The number of benzene rings is 1. The highest BCUT2D eigenvalue weighted by Crippen LogP contribution is 2.24. The first-order valence-corrected chi connectivity index (χ1v) is 9.47. The molecule has 140 valence electrons. The molecule has 0 fully saturated rings. The van der Waals surface area contributed by atoms with E-state index in [0.29, 0.717) is 28.7 Å². The summed E-state index contributed by atoms with van der Waals surface area (Å²) >= 11 is 1.12. The van der Waals surface area contributed by atoms with Gasteiger partial charge in [0.1, 0.15) is 16.4 Å². The van der Waals surface area contributed by atoms with Gasteiger partial charge in [-0.1, -0.05) is 41.7 Å². The van der Waals surface area contributed by atoms with Crippen LogP contribution in [0.2, 0.25) is 0 Å². The number of carbonyl (C=O) groups is 2. The molecule has 0 unspecified atom stereocenters. The van der Waals surface area contributed by atoms with E-state index in [4.69, 9.17) is 9.15 Å². The van der Waals surface area contributed by atoms with E-state index in [0.717, 1.165) is 28.4 Å². The normalized spacial score (nSPS) is 10.6. The van der Waals surface area contributed by atoms with E-state index in [9.17, 15) is 9.59 Å². The highest BCUT2D eigenvalue weighted by Gasteiger charge is 2.17. The van der Waals surface area contributed by atoms with Crippen molar-refractivity contribution in [1.82, 2.24) is 4.98 Å². The number of ether oxygens (including phenoxy) is 1. The van der Waals surface area contributed by atoms with Crippen LogP contribution in [-0.2, 0) is 16.0 Å². The Morgan fingerprint density at radius 3 is 2.70 bits per heavy atom. The monoisotopic (exact) mass is 384 g/mol. The van der Waals surface area contributed by atoms with Crippen LogP contribution in [0.1, 0.15) is 34.5 Å².